The molecule has 0 spiro atoms. The van der Waals surface area contributed by atoms with E-state index in [0.29, 0.717) is 25.9 Å². The predicted octanol–water partition coefficient (Wildman–Crippen LogP) is 0.224. The zero-order valence-corrected chi connectivity index (χ0v) is 11.1. The van der Waals surface area contributed by atoms with Crippen LogP contribution in [0, 0.1) is 11.8 Å². The smallest absolute Gasteiger partial charge is 0.326 e. The van der Waals surface area contributed by atoms with Crippen LogP contribution in [0.25, 0.3) is 0 Å². The molecule has 6 nitrogen and oxygen atoms in total. The van der Waals surface area contributed by atoms with Crippen molar-refractivity contribution >= 4 is 17.8 Å². The van der Waals surface area contributed by atoms with Gasteiger partial charge in [0.05, 0.1) is 5.92 Å². The molecule has 2 amide bonds. The van der Waals surface area contributed by atoms with E-state index in [-0.39, 0.29) is 23.7 Å². The van der Waals surface area contributed by atoms with Crippen molar-refractivity contribution in [3.05, 3.63) is 0 Å². The average molecular weight is 268 g/mol. The Labute approximate surface area is 112 Å². The topological polar surface area (TPSA) is 86.7 Å². The first kappa shape index (κ1) is 13.8. The van der Waals surface area contributed by atoms with Gasteiger partial charge in [-0.15, -0.1) is 0 Å². The van der Waals surface area contributed by atoms with Gasteiger partial charge in [0.1, 0.15) is 6.04 Å². The lowest BCUT2D eigenvalue weighted by Gasteiger charge is -2.39. The maximum absolute atomic E-state index is 12.4. The summed E-state index contributed by atoms with van der Waals surface area (Å²) >= 11 is 0. The molecule has 0 saturated carbocycles. The van der Waals surface area contributed by atoms with E-state index in [1.54, 1.807) is 0 Å². The van der Waals surface area contributed by atoms with Gasteiger partial charge in [0, 0.05) is 19.5 Å². The lowest BCUT2D eigenvalue weighted by molar-refractivity contribution is -0.157. The van der Waals surface area contributed by atoms with E-state index in [0.717, 1.165) is 12.8 Å². The Hall–Kier alpha value is -1.59. The van der Waals surface area contributed by atoms with E-state index in [1.807, 2.05) is 6.92 Å². The standard InChI is InChI=1S/C13H20N2O4/c1-8-3-2-6-15(11(8)13(18)19)12(17)9-4-5-10(16)14-7-9/h8-9,11H,2-7H2,1H3,(H,14,16)(H,18,19). The Balaban J connectivity index is 2.07. The molecule has 3 atom stereocenters. The lowest BCUT2D eigenvalue weighted by Crippen LogP contribution is -2.55. The van der Waals surface area contributed by atoms with Gasteiger partial charge in [-0.05, 0) is 25.2 Å². The number of hydrogen-bond acceptors (Lipinski definition) is 3. The molecule has 106 valence electrons. The molecular weight excluding hydrogens is 248 g/mol. The van der Waals surface area contributed by atoms with Crippen molar-refractivity contribution in [2.75, 3.05) is 13.1 Å². The molecular formula is C13H20N2O4. The predicted molar refractivity (Wildman–Crippen MR) is 67.3 cm³/mol. The van der Waals surface area contributed by atoms with Crippen LogP contribution in [0.1, 0.15) is 32.6 Å². The molecule has 2 fully saturated rings. The van der Waals surface area contributed by atoms with Crippen LogP contribution >= 0.6 is 0 Å². The van der Waals surface area contributed by atoms with Crippen LogP contribution in [-0.4, -0.2) is 46.9 Å². The Morgan fingerprint density at radius 1 is 1.37 bits per heavy atom. The monoisotopic (exact) mass is 268 g/mol. The fraction of sp³-hybridized carbons (Fsp3) is 0.769. The largest absolute Gasteiger partial charge is 0.480 e. The molecule has 0 aromatic rings. The maximum atomic E-state index is 12.4. The molecule has 2 aliphatic rings. The molecule has 2 N–H and O–H groups in total. The summed E-state index contributed by atoms with van der Waals surface area (Å²) in [4.78, 5) is 36.4. The third kappa shape index (κ3) is 2.88. The van der Waals surface area contributed by atoms with E-state index >= 15 is 0 Å². The normalized spacial score (nSPS) is 31.7. The highest BCUT2D eigenvalue weighted by molar-refractivity contribution is 5.87. The number of aliphatic carboxylic acids is 1. The fourth-order valence-corrected chi connectivity index (χ4v) is 2.99. The minimum absolute atomic E-state index is 0.0200. The van der Waals surface area contributed by atoms with E-state index in [9.17, 15) is 19.5 Å². The molecule has 0 aromatic heterocycles. The van der Waals surface area contributed by atoms with Crippen molar-refractivity contribution in [2.24, 2.45) is 11.8 Å². The molecule has 19 heavy (non-hydrogen) atoms. The summed E-state index contributed by atoms with van der Waals surface area (Å²) in [6, 6.07) is -0.723. The molecule has 2 aliphatic heterocycles. The maximum Gasteiger partial charge on any atom is 0.326 e. The molecule has 0 radical (unpaired) electrons. The first-order chi connectivity index (χ1) is 9.00. The highest BCUT2D eigenvalue weighted by atomic mass is 16.4. The Morgan fingerprint density at radius 2 is 2.11 bits per heavy atom. The third-order valence-corrected chi connectivity index (χ3v) is 4.08. The number of likely N-dealkylation sites (tertiary alicyclic amines) is 1. The number of carbonyl (C=O) groups is 3. The van der Waals surface area contributed by atoms with Gasteiger partial charge in [-0.3, -0.25) is 9.59 Å². The van der Waals surface area contributed by atoms with Gasteiger partial charge >= 0.3 is 5.97 Å². The van der Waals surface area contributed by atoms with Crippen LogP contribution in [-0.2, 0) is 14.4 Å². The fourth-order valence-electron chi connectivity index (χ4n) is 2.99. The van der Waals surface area contributed by atoms with E-state index < -0.39 is 12.0 Å². The highest BCUT2D eigenvalue weighted by Crippen LogP contribution is 2.26. The Morgan fingerprint density at radius 3 is 2.68 bits per heavy atom. The number of nitrogens with zero attached hydrogens (tertiary/aromatic N) is 1. The SMILES string of the molecule is CC1CCCN(C(=O)C2CCC(=O)NC2)C1C(=O)O. The summed E-state index contributed by atoms with van der Waals surface area (Å²) in [6.07, 6.45) is 2.54. The first-order valence-electron chi connectivity index (χ1n) is 6.80. The molecule has 2 rings (SSSR count). The second kappa shape index (κ2) is 5.59. The number of hydrogen-bond donors (Lipinski definition) is 2. The van der Waals surface area contributed by atoms with Gasteiger partial charge in [0.15, 0.2) is 0 Å². The number of carbonyl (C=O) groups excluding carboxylic acids is 2. The van der Waals surface area contributed by atoms with Crippen molar-refractivity contribution in [1.82, 2.24) is 10.2 Å². The van der Waals surface area contributed by atoms with E-state index in [2.05, 4.69) is 5.32 Å². The first-order valence-corrected chi connectivity index (χ1v) is 6.80. The summed E-state index contributed by atoms with van der Waals surface area (Å²) in [5, 5.41) is 12.0. The van der Waals surface area contributed by atoms with Crippen LogP contribution in [0.5, 0.6) is 0 Å². The van der Waals surface area contributed by atoms with Gasteiger partial charge in [-0.1, -0.05) is 6.92 Å². The summed E-state index contributed by atoms with van der Waals surface area (Å²) in [6.45, 7) is 2.71. The quantitative estimate of drug-likeness (QED) is 0.750. The summed E-state index contributed by atoms with van der Waals surface area (Å²) in [5.74, 6) is -1.39. The van der Waals surface area contributed by atoms with Crippen molar-refractivity contribution in [2.45, 2.75) is 38.6 Å². The number of carboxylic acid groups (broad SMARTS) is 1. The molecule has 0 aromatic carbocycles. The minimum Gasteiger partial charge on any atom is -0.480 e. The number of amides is 2. The van der Waals surface area contributed by atoms with Gasteiger partial charge in [-0.25, -0.2) is 4.79 Å². The number of piperidine rings is 2. The van der Waals surface area contributed by atoms with E-state index in [1.165, 1.54) is 4.90 Å². The number of carboxylic acids is 1. The Kier molecular flexibility index (Phi) is 4.07. The van der Waals surface area contributed by atoms with Crippen molar-refractivity contribution in [3.8, 4) is 0 Å². The van der Waals surface area contributed by atoms with Crippen LogP contribution in [0.3, 0.4) is 0 Å². The summed E-state index contributed by atoms with van der Waals surface area (Å²) in [7, 11) is 0. The zero-order chi connectivity index (χ0) is 14.0. The van der Waals surface area contributed by atoms with Crippen molar-refractivity contribution in [3.63, 3.8) is 0 Å². The van der Waals surface area contributed by atoms with Crippen LogP contribution in [0.2, 0.25) is 0 Å². The zero-order valence-electron chi connectivity index (χ0n) is 11.1. The highest BCUT2D eigenvalue weighted by Gasteiger charge is 2.39. The molecule has 3 unspecified atom stereocenters. The Bertz CT molecular complexity index is 386. The summed E-state index contributed by atoms with van der Waals surface area (Å²) < 4.78 is 0. The van der Waals surface area contributed by atoms with Crippen LogP contribution in [0.4, 0.5) is 0 Å². The number of nitrogens with one attached hydrogen (secondary N) is 1. The summed E-state index contributed by atoms with van der Waals surface area (Å²) in [5.41, 5.74) is 0. The third-order valence-electron chi connectivity index (χ3n) is 4.08. The van der Waals surface area contributed by atoms with Crippen molar-refractivity contribution < 1.29 is 19.5 Å². The molecule has 0 aliphatic carbocycles. The molecule has 6 heteroatoms. The van der Waals surface area contributed by atoms with Gasteiger partial charge in [0.25, 0.3) is 0 Å². The van der Waals surface area contributed by atoms with E-state index in [4.69, 9.17) is 0 Å². The lowest BCUT2D eigenvalue weighted by atomic mass is 9.88. The van der Waals surface area contributed by atoms with Crippen molar-refractivity contribution in [1.29, 1.82) is 0 Å². The van der Waals surface area contributed by atoms with Gasteiger partial charge < -0.3 is 15.3 Å². The molecule has 2 heterocycles. The van der Waals surface area contributed by atoms with Crippen LogP contribution in [0.15, 0.2) is 0 Å². The second-order valence-corrected chi connectivity index (χ2v) is 5.47. The number of rotatable bonds is 2. The minimum atomic E-state index is -0.930. The molecule has 0 bridgehead atoms. The van der Waals surface area contributed by atoms with Gasteiger partial charge in [-0.2, -0.15) is 0 Å². The van der Waals surface area contributed by atoms with Crippen LogP contribution < -0.4 is 5.32 Å². The molecule has 2 saturated heterocycles. The average Bonchev–Trinajstić information content (AvgIpc) is 2.38. The second-order valence-electron chi connectivity index (χ2n) is 5.47. The van der Waals surface area contributed by atoms with Gasteiger partial charge in [0.2, 0.25) is 11.8 Å².